The zero-order valence-electron chi connectivity index (χ0n) is 9.43. The van der Waals surface area contributed by atoms with Gasteiger partial charge in [0, 0.05) is 13.8 Å². The van der Waals surface area contributed by atoms with Gasteiger partial charge in [-0.15, -0.1) is 0 Å². The highest BCUT2D eigenvalue weighted by molar-refractivity contribution is 5.08. The number of hydrogen-bond donors (Lipinski definition) is 0. The van der Waals surface area contributed by atoms with E-state index < -0.39 is 19.4 Å². The van der Waals surface area contributed by atoms with E-state index in [-0.39, 0.29) is 5.56 Å². The van der Waals surface area contributed by atoms with E-state index in [1.54, 1.807) is 0 Å². The van der Waals surface area contributed by atoms with Gasteiger partial charge in [0.1, 0.15) is 6.26 Å². The topological polar surface area (TPSA) is 26.0 Å². The van der Waals surface area contributed by atoms with Gasteiger partial charge in [0.05, 0.1) is 5.69 Å². The average Bonchev–Trinajstić information content (AvgIpc) is 2.27. The summed E-state index contributed by atoms with van der Waals surface area (Å²) in [6.07, 6.45) is 0.842. The number of nitrogens with zero attached hydrogens (tertiary/aromatic N) is 1. The van der Waals surface area contributed by atoms with Gasteiger partial charge in [-0.05, 0) is 13.7 Å². The molecule has 0 fully saturated rings. The van der Waals surface area contributed by atoms with Crippen molar-refractivity contribution in [1.29, 1.82) is 0 Å². The van der Waals surface area contributed by atoms with Gasteiger partial charge in [0.2, 0.25) is 0 Å². The molecule has 0 aliphatic rings. The van der Waals surface area contributed by atoms with Gasteiger partial charge in [-0.2, -0.15) is 0 Å². The highest BCUT2D eigenvalue weighted by Crippen LogP contribution is 1.99. The molecule has 0 atom stereocenters. The first kappa shape index (κ1) is 1.13. The van der Waals surface area contributed by atoms with Crippen LogP contribution in [0.3, 0.4) is 0 Å². The number of aryl methyl sites for hydroxylation is 2. The quantitative estimate of drug-likeness (QED) is 0.494. The molecule has 7 heavy (non-hydrogen) atoms. The van der Waals surface area contributed by atoms with Crippen molar-refractivity contribution in [2.24, 2.45) is 0 Å². The van der Waals surface area contributed by atoms with Crippen molar-refractivity contribution in [1.82, 2.24) is 5.16 Å². The van der Waals surface area contributed by atoms with Crippen molar-refractivity contribution in [3.8, 4) is 0 Å². The second-order valence-electron chi connectivity index (χ2n) is 1.08. The number of hydrogen-bond acceptors (Lipinski definition) is 2. The summed E-state index contributed by atoms with van der Waals surface area (Å²) in [4.78, 5) is 0. The third-order valence-electron chi connectivity index (χ3n) is 0.570. The Kier molecular flexibility index (Phi) is 0.221. The molecule has 2 nitrogen and oxygen atoms in total. The lowest BCUT2D eigenvalue weighted by molar-refractivity contribution is 0.414. The minimum Gasteiger partial charge on any atom is -0.364 e. The van der Waals surface area contributed by atoms with E-state index in [0.717, 1.165) is 6.26 Å². The smallest absolute Gasteiger partial charge is 0.126 e. The number of aromatic nitrogens is 1. The van der Waals surface area contributed by atoms with Crippen LogP contribution in [0.15, 0.2) is 10.8 Å². The zero-order valence-corrected chi connectivity index (χ0v) is 3.43. The Hall–Kier alpha value is -0.790. The maximum atomic E-state index is 6.99. The van der Waals surface area contributed by atoms with Gasteiger partial charge in [-0.1, -0.05) is 5.16 Å². The van der Waals surface area contributed by atoms with Crippen molar-refractivity contribution < 1.29 is 12.7 Å². The largest absolute Gasteiger partial charge is 0.364 e. The van der Waals surface area contributed by atoms with Crippen molar-refractivity contribution in [2.45, 2.75) is 13.7 Å². The molecule has 0 radical (unpaired) electrons. The molecule has 0 saturated carbocycles. The molecule has 0 amide bonds. The Labute approximate surface area is 50.6 Å². The molecule has 0 unspecified atom stereocenters. The van der Waals surface area contributed by atoms with Crippen molar-refractivity contribution in [2.75, 3.05) is 0 Å². The van der Waals surface area contributed by atoms with Crippen molar-refractivity contribution >= 4 is 0 Å². The predicted molar refractivity (Wildman–Crippen MR) is 26.0 cm³/mol. The summed E-state index contributed by atoms with van der Waals surface area (Å²) in [6.45, 7) is -5.04. The van der Waals surface area contributed by atoms with Crippen LogP contribution in [0.4, 0.5) is 0 Å². The molecule has 0 spiro atoms. The molecule has 38 valence electrons. The Morgan fingerprint density at radius 2 is 2.86 bits per heavy atom. The second-order valence-corrected chi connectivity index (χ2v) is 1.08. The lowest BCUT2D eigenvalue weighted by Gasteiger charge is -1.74. The van der Waals surface area contributed by atoms with E-state index in [9.17, 15) is 0 Å². The third kappa shape index (κ3) is 0.633. The van der Waals surface area contributed by atoms with Crippen LogP contribution in [-0.4, -0.2) is 5.16 Å². The zero-order chi connectivity index (χ0) is 10.3. The Morgan fingerprint density at radius 1 is 1.86 bits per heavy atom. The monoisotopic (exact) mass is 103 g/mol. The van der Waals surface area contributed by atoms with Gasteiger partial charge in [-0.25, -0.2) is 0 Å². The second kappa shape index (κ2) is 1.37. The molecule has 0 bridgehead atoms. The molecule has 0 aliphatic carbocycles. The summed E-state index contributed by atoms with van der Waals surface area (Å²) in [5.41, 5.74) is -0.847. The standard InChI is InChI=1S/C5H7NO/c1-4-3-7-6-5(4)2/h3H,1-2H3/i1D3,2D3. The summed E-state index contributed by atoms with van der Waals surface area (Å²) in [5.74, 6) is 0. The lowest BCUT2D eigenvalue weighted by Crippen LogP contribution is -1.69. The van der Waals surface area contributed by atoms with Gasteiger partial charge in [-0.3, -0.25) is 0 Å². The van der Waals surface area contributed by atoms with E-state index >= 15 is 0 Å². The molecule has 0 N–H and O–H groups in total. The highest BCUT2D eigenvalue weighted by Gasteiger charge is 1.90. The molecular weight excluding hydrogens is 90.1 g/mol. The average molecular weight is 103 g/mol. The molecule has 0 aliphatic heterocycles. The summed E-state index contributed by atoms with van der Waals surface area (Å²) >= 11 is 0. The predicted octanol–water partition coefficient (Wildman–Crippen LogP) is 1.29. The van der Waals surface area contributed by atoms with Gasteiger partial charge in [0.25, 0.3) is 0 Å². The van der Waals surface area contributed by atoms with Crippen LogP contribution in [0.2, 0.25) is 0 Å². The molecule has 1 aromatic heterocycles. The van der Waals surface area contributed by atoms with Gasteiger partial charge < -0.3 is 4.52 Å². The fourth-order valence-electron chi connectivity index (χ4n) is 0.237. The third-order valence-corrected chi connectivity index (χ3v) is 0.570. The SMILES string of the molecule is [2H]C([2H])([2H])c1conc1C([2H])([2H])[2H]. The molecule has 1 aromatic rings. The maximum absolute atomic E-state index is 6.99. The fraction of sp³-hybridized carbons (Fsp3) is 0.400. The molecular formula is C5H7NO. The van der Waals surface area contributed by atoms with E-state index in [1.807, 2.05) is 0 Å². The molecule has 2 heteroatoms. The van der Waals surface area contributed by atoms with Crippen LogP contribution in [0.1, 0.15) is 19.5 Å². The van der Waals surface area contributed by atoms with E-state index in [2.05, 4.69) is 9.68 Å². The molecule has 0 aromatic carbocycles. The van der Waals surface area contributed by atoms with Crippen LogP contribution < -0.4 is 0 Å². The van der Waals surface area contributed by atoms with Crippen LogP contribution in [0.25, 0.3) is 0 Å². The van der Waals surface area contributed by atoms with E-state index in [4.69, 9.17) is 8.22 Å². The van der Waals surface area contributed by atoms with Gasteiger partial charge in [0.15, 0.2) is 0 Å². The van der Waals surface area contributed by atoms with E-state index in [0.29, 0.717) is 0 Å². The van der Waals surface area contributed by atoms with Crippen LogP contribution in [0.5, 0.6) is 0 Å². The van der Waals surface area contributed by atoms with Crippen molar-refractivity contribution in [3.05, 3.63) is 17.5 Å². The van der Waals surface area contributed by atoms with Crippen LogP contribution in [0, 0.1) is 13.7 Å². The fourth-order valence-corrected chi connectivity index (χ4v) is 0.237. The molecule has 1 rings (SSSR count). The van der Waals surface area contributed by atoms with Crippen molar-refractivity contribution in [3.63, 3.8) is 0 Å². The molecule has 0 saturated heterocycles. The summed E-state index contributed by atoms with van der Waals surface area (Å²) in [6, 6.07) is 0. The molecule has 1 heterocycles. The first-order valence-electron chi connectivity index (χ1n) is 4.68. The minimum atomic E-state index is -2.54. The number of rotatable bonds is 0. The Morgan fingerprint density at radius 3 is 3.43 bits per heavy atom. The Bertz CT molecular complexity index is 268. The summed E-state index contributed by atoms with van der Waals surface area (Å²) in [5, 5.41) is 3.16. The van der Waals surface area contributed by atoms with Crippen LogP contribution in [-0.2, 0) is 0 Å². The maximum Gasteiger partial charge on any atom is 0.126 e. The normalized spacial score (nSPS) is 25.7. The first-order valence-corrected chi connectivity index (χ1v) is 1.68. The summed E-state index contributed by atoms with van der Waals surface area (Å²) < 4.78 is 46.2. The lowest BCUT2D eigenvalue weighted by atomic mass is 10.3. The minimum absolute atomic E-state index is 0.354. The first-order chi connectivity index (χ1) is 5.73. The van der Waals surface area contributed by atoms with Gasteiger partial charge >= 0.3 is 0 Å². The van der Waals surface area contributed by atoms with Crippen LogP contribution >= 0.6 is 0 Å². The Balaban J connectivity index is 3.19. The van der Waals surface area contributed by atoms with E-state index in [1.165, 1.54) is 0 Å². The summed E-state index contributed by atoms with van der Waals surface area (Å²) in [7, 11) is 0. The highest BCUT2D eigenvalue weighted by atomic mass is 16.5.